The molecule has 8 nitrogen and oxygen atoms in total. The molecule has 0 aliphatic carbocycles. The van der Waals surface area contributed by atoms with Gasteiger partial charge in [0.15, 0.2) is 0 Å². The van der Waals surface area contributed by atoms with Crippen molar-refractivity contribution in [2.75, 3.05) is 12.4 Å². The minimum absolute atomic E-state index is 0.0591. The maximum absolute atomic E-state index is 14.8. The lowest BCUT2D eigenvalue weighted by Gasteiger charge is -2.28. The van der Waals surface area contributed by atoms with Crippen molar-refractivity contribution in [3.05, 3.63) is 74.8 Å². The summed E-state index contributed by atoms with van der Waals surface area (Å²) in [7, 11) is -4.31. The molecule has 1 heterocycles. The lowest BCUT2D eigenvalue weighted by Crippen LogP contribution is -2.37. The number of hydrogen-bond donors (Lipinski definition) is 3. The zero-order valence-corrected chi connectivity index (χ0v) is 19.8. The predicted octanol–water partition coefficient (Wildman–Crippen LogP) is 2.68. The van der Waals surface area contributed by atoms with Gasteiger partial charge in [-0.25, -0.2) is 12.8 Å². The van der Waals surface area contributed by atoms with Crippen LogP contribution in [0.25, 0.3) is 10.9 Å². The molecule has 0 saturated carbocycles. The third-order valence-corrected chi connectivity index (χ3v) is 8.33. The summed E-state index contributed by atoms with van der Waals surface area (Å²) in [5, 5.41) is 8.70. The van der Waals surface area contributed by atoms with Gasteiger partial charge in [-0.1, -0.05) is 23.7 Å². The molecule has 0 aliphatic rings. The predicted molar refractivity (Wildman–Crippen MR) is 126 cm³/mol. The monoisotopic (exact) mass is 513 g/mol. The Morgan fingerprint density at radius 1 is 1.30 bits per heavy atom. The fraction of sp³-hybridized carbons (Fsp3) is 0.238. The lowest BCUT2D eigenvalue weighted by atomic mass is 10.1. The Kier molecular flexibility index (Phi) is 7.80. The number of rotatable bonds is 9. The molecule has 0 saturated heterocycles. The minimum atomic E-state index is -4.31. The summed E-state index contributed by atoms with van der Waals surface area (Å²) in [6, 6.07) is 8.41. The van der Waals surface area contributed by atoms with E-state index in [1.54, 1.807) is 31.2 Å². The maximum Gasteiger partial charge on any atom is 0.254 e. The first-order valence-corrected chi connectivity index (χ1v) is 12.6. The third-order valence-electron chi connectivity index (χ3n) is 4.89. The number of sulfonamides is 1. The largest absolute Gasteiger partial charge is 0.396 e. The van der Waals surface area contributed by atoms with Gasteiger partial charge in [-0.2, -0.15) is 4.31 Å². The number of benzene rings is 2. The van der Waals surface area contributed by atoms with Gasteiger partial charge >= 0.3 is 0 Å². The summed E-state index contributed by atoms with van der Waals surface area (Å²) >= 11 is 7.11. The second kappa shape index (κ2) is 10.2. The van der Waals surface area contributed by atoms with E-state index in [1.165, 1.54) is 11.8 Å². The van der Waals surface area contributed by atoms with Crippen LogP contribution in [0.4, 0.5) is 4.39 Å². The number of thioether (sulfide) groups is 1. The second-order valence-corrected chi connectivity index (χ2v) is 10.8. The Balaban J connectivity index is 2.14. The van der Waals surface area contributed by atoms with Crippen molar-refractivity contribution in [1.29, 1.82) is 0 Å². The van der Waals surface area contributed by atoms with Crippen LogP contribution >= 0.6 is 23.4 Å². The van der Waals surface area contributed by atoms with Crippen LogP contribution in [-0.2, 0) is 16.6 Å². The summed E-state index contributed by atoms with van der Waals surface area (Å²) < 4.78 is 43.1. The Hall–Kier alpha value is -2.44. The van der Waals surface area contributed by atoms with Gasteiger partial charge in [0.1, 0.15) is 11.4 Å². The molecular weight excluding hydrogens is 493 g/mol. The Morgan fingerprint density at radius 3 is 2.58 bits per heavy atom. The minimum Gasteiger partial charge on any atom is -0.396 e. The molecule has 3 rings (SSSR count). The van der Waals surface area contributed by atoms with Gasteiger partial charge in [0.25, 0.3) is 5.91 Å². The first-order chi connectivity index (χ1) is 15.6. The maximum atomic E-state index is 14.8. The van der Waals surface area contributed by atoms with Crippen molar-refractivity contribution < 1.29 is 22.7 Å². The average Bonchev–Trinajstić information content (AvgIpc) is 2.77. The molecule has 0 radical (unpaired) electrons. The van der Waals surface area contributed by atoms with Gasteiger partial charge in [0, 0.05) is 23.5 Å². The molecular formula is C21H21ClFN3O5S2. The van der Waals surface area contributed by atoms with Gasteiger partial charge in [-0.15, -0.1) is 11.8 Å². The normalized spacial score (nSPS) is 12.9. The number of nitrogens with zero attached hydrogens (tertiary/aromatic N) is 1. The smallest absolute Gasteiger partial charge is 0.254 e. The Bertz CT molecular complexity index is 1350. The van der Waals surface area contributed by atoms with Crippen LogP contribution in [0, 0.1) is 5.82 Å². The summed E-state index contributed by atoms with van der Waals surface area (Å²) in [6.07, 6.45) is 0.991. The van der Waals surface area contributed by atoms with E-state index >= 15 is 0 Å². The topological polar surface area (TPSA) is 134 Å². The number of primary amides is 1. The molecule has 4 N–H and O–H groups in total. The van der Waals surface area contributed by atoms with Crippen molar-refractivity contribution >= 4 is 50.2 Å². The highest BCUT2D eigenvalue weighted by atomic mass is 35.5. The van der Waals surface area contributed by atoms with E-state index in [2.05, 4.69) is 4.98 Å². The van der Waals surface area contributed by atoms with Crippen LogP contribution in [0.2, 0.25) is 5.02 Å². The van der Waals surface area contributed by atoms with E-state index in [0.29, 0.717) is 10.6 Å². The summed E-state index contributed by atoms with van der Waals surface area (Å²) in [5.74, 6) is -1.71. The number of halogens is 2. The van der Waals surface area contributed by atoms with Gasteiger partial charge in [0.05, 0.1) is 27.8 Å². The Morgan fingerprint density at radius 2 is 1.97 bits per heavy atom. The highest BCUT2D eigenvalue weighted by Crippen LogP contribution is 2.29. The molecule has 1 unspecified atom stereocenters. The number of aliphatic hydroxyl groups excluding tert-OH is 1. The SMILES string of the molecule is CC(SCCO)N(Cc1ccc(Cl)cc1)S(=O)(=O)c1cc(F)c2[nH]cc(C(N)=O)c(=O)c2c1. The fourth-order valence-corrected chi connectivity index (χ4v) is 6.05. The van der Waals surface area contributed by atoms with Crippen molar-refractivity contribution in [2.45, 2.75) is 23.7 Å². The standard InChI is InChI=1S/C21H21ClFN3O5S2/c1-12(32-7-6-27)26(11-13-2-4-14(22)5-3-13)33(30,31)15-8-16-19(18(23)9-15)25-10-17(20(16)28)21(24)29/h2-5,8-10,12,27H,6-7,11H2,1H3,(H2,24,29)(H,25,28). The van der Waals surface area contributed by atoms with Gasteiger partial charge in [-0.05, 0) is 36.8 Å². The molecule has 1 amide bonds. The number of carbonyl (C=O) groups is 1. The number of aromatic nitrogens is 1. The molecule has 3 aromatic rings. The number of aromatic amines is 1. The van der Waals surface area contributed by atoms with Crippen LogP contribution in [0.3, 0.4) is 0 Å². The number of hydrogen-bond acceptors (Lipinski definition) is 6. The second-order valence-electron chi connectivity index (χ2n) is 7.09. The Labute approximate surface area is 198 Å². The highest BCUT2D eigenvalue weighted by molar-refractivity contribution is 8.00. The molecule has 2 aromatic carbocycles. The van der Waals surface area contributed by atoms with E-state index in [-0.39, 0.29) is 29.8 Å². The molecule has 12 heteroatoms. The third kappa shape index (κ3) is 5.39. The molecule has 0 spiro atoms. The number of pyridine rings is 1. The first kappa shape index (κ1) is 25.2. The number of aliphatic hydroxyl groups is 1. The molecule has 0 aliphatic heterocycles. The first-order valence-electron chi connectivity index (χ1n) is 9.69. The summed E-state index contributed by atoms with van der Waals surface area (Å²) in [4.78, 5) is 26.2. The molecule has 33 heavy (non-hydrogen) atoms. The van der Waals surface area contributed by atoms with Gasteiger partial charge in [0.2, 0.25) is 15.5 Å². The quantitative estimate of drug-likeness (QED) is 0.377. The number of carbonyl (C=O) groups excluding carboxylic acids is 1. The van der Waals surface area contributed by atoms with Crippen molar-refractivity contribution in [3.63, 3.8) is 0 Å². The fourth-order valence-electron chi connectivity index (χ4n) is 3.22. The molecule has 176 valence electrons. The number of nitrogens with one attached hydrogen (secondary N) is 1. The van der Waals surface area contributed by atoms with Crippen LogP contribution < -0.4 is 11.2 Å². The molecule has 0 bridgehead atoms. The van der Waals surface area contributed by atoms with Crippen molar-refractivity contribution in [2.24, 2.45) is 5.73 Å². The lowest BCUT2D eigenvalue weighted by molar-refractivity contribution is 0.0999. The van der Waals surface area contributed by atoms with Gasteiger partial charge < -0.3 is 15.8 Å². The zero-order chi connectivity index (χ0) is 24.3. The molecule has 1 atom stereocenters. The summed E-state index contributed by atoms with van der Waals surface area (Å²) in [6.45, 7) is 1.43. The number of amides is 1. The number of H-pyrrole nitrogens is 1. The van der Waals surface area contributed by atoms with E-state index in [0.717, 1.165) is 22.6 Å². The van der Waals surface area contributed by atoms with E-state index in [1.807, 2.05) is 0 Å². The van der Waals surface area contributed by atoms with Crippen LogP contribution in [0.5, 0.6) is 0 Å². The highest BCUT2D eigenvalue weighted by Gasteiger charge is 2.31. The van der Waals surface area contributed by atoms with Gasteiger partial charge in [-0.3, -0.25) is 9.59 Å². The number of nitrogens with two attached hydrogens (primary N) is 1. The van der Waals surface area contributed by atoms with Crippen LogP contribution in [0.15, 0.2) is 52.3 Å². The molecule has 0 fully saturated rings. The van der Waals surface area contributed by atoms with Crippen LogP contribution in [-0.4, -0.2) is 46.5 Å². The zero-order valence-electron chi connectivity index (χ0n) is 17.4. The van der Waals surface area contributed by atoms with Crippen molar-refractivity contribution in [1.82, 2.24) is 9.29 Å². The van der Waals surface area contributed by atoms with Crippen molar-refractivity contribution in [3.8, 4) is 0 Å². The summed E-state index contributed by atoms with van der Waals surface area (Å²) in [5.41, 5.74) is 4.29. The van der Waals surface area contributed by atoms with E-state index < -0.39 is 43.0 Å². The van der Waals surface area contributed by atoms with E-state index in [4.69, 9.17) is 22.4 Å². The average molecular weight is 514 g/mol. The number of fused-ring (bicyclic) bond motifs is 1. The van der Waals surface area contributed by atoms with E-state index in [9.17, 15) is 22.4 Å². The van der Waals surface area contributed by atoms with Crippen LogP contribution in [0.1, 0.15) is 22.8 Å². The molecule has 1 aromatic heterocycles.